The van der Waals surface area contributed by atoms with E-state index in [1.54, 1.807) is 0 Å². The van der Waals surface area contributed by atoms with Crippen molar-refractivity contribution in [3.05, 3.63) is 205 Å². The van der Waals surface area contributed by atoms with Crippen molar-refractivity contribution in [2.24, 2.45) is 0 Å². The zero-order valence-electron chi connectivity index (χ0n) is 47.0. The van der Waals surface area contributed by atoms with Crippen LogP contribution in [0, 0.1) is 18.5 Å². The van der Waals surface area contributed by atoms with Gasteiger partial charge in [0, 0.05) is 49.7 Å². The minimum Gasteiger partial charge on any atom is -0.510 e. The number of aromatic nitrogens is 4. The summed E-state index contributed by atoms with van der Waals surface area (Å²) < 4.78 is 27.2. The molecule has 0 atom stereocenters. The van der Waals surface area contributed by atoms with Gasteiger partial charge in [0.1, 0.15) is 28.8 Å². The summed E-state index contributed by atoms with van der Waals surface area (Å²) in [5.74, 6) is 5.33. The van der Waals surface area contributed by atoms with Crippen molar-refractivity contribution in [2.75, 3.05) is 0 Å². The summed E-state index contributed by atoms with van der Waals surface area (Å²) in [6.45, 7) is 26.9. The number of rotatable bonds is 6. The van der Waals surface area contributed by atoms with Gasteiger partial charge in [0.05, 0.1) is 16.7 Å². The summed E-state index contributed by atoms with van der Waals surface area (Å²) in [7, 11) is 0. The van der Waals surface area contributed by atoms with Crippen molar-refractivity contribution in [1.82, 2.24) is 14.1 Å². The fourth-order valence-corrected chi connectivity index (χ4v) is 11.3. The Morgan fingerprint density at radius 2 is 1.13 bits per heavy atom. The van der Waals surface area contributed by atoms with Crippen LogP contribution >= 0.6 is 0 Å². The van der Waals surface area contributed by atoms with E-state index in [0.717, 1.165) is 101 Å². The largest absolute Gasteiger partial charge is 0.510 e. The summed E-state index contributed by atoms with van der Waals surface area (Å²) in [5.41, 5.74) is 15.9. The van der Waals surface area contributed by atoms with Gasteiger partial charge in [-0.05, 0) is 132 Å². The van der Waals surface area contributed by atoms with Gasteiger partial charge in [-0.3, -0.25) is 4.57 Å². The van der Waals surface area contributed by atoms with Crippen LogP contribution < -0.4 is 35.2 Å². The molecule has 2 aliphatic rings. The monoisotopic (exact) mass is 1210 g/mol. The molecule has 9 heteroatoms. The van der Waals surface area contributed by atoms with Gasteiger partial charge in [-0.2, -0.15) is 18.2 Å². The maximum absolute atomic E-state index is 7.00. The summed E-state index contributed by atoms with van der Waals surface area (Å²) in [5, 5.41) is 2.08. The van der Waals surface area contributed by atoms with Crippen LogP contribution in [0.25, 0.3) is 61.2 Å². The Morgan fingerprint density at radius 1 is 0.506 bits per heavy atom. The molecule has 2 aliphatic heterocycles. The van der Waals surface area contributed by atoms with Gasteiger partial charge in [0.15, 0.2) is 0 Å². The Morgan fingerprint density at radius 3 is 1.80 bits per heavy atom. The van der Waals surface area contributed by atoms with Crippen LogP contribution in [-0.4, -0.2) is 20.8 Å². The van der Waals surface area contributed by atoms with Gasteiger partial charge >= 0.3 is 0 Å². The molecule has 0 N–H and O–H groups in total. The van der Waals surface area contributed by atoms with Gasteiger partial charge < -0.3 is 23.3 Å². The predicted molar refractivity (Wildman–Crippen MR) is 318 cm³/mol. The number of hydrogen-bond acceptors (Lipinski definition) is 4. The maximum atomic E-state index is 7.00. The molecule has 0 saturated carbocycles. The first-order valence-electron chi connectivity index (χ1n) is 27.2. The molecule has 396 valence electrons. The van der Waals surface area contributed by atoms with Crippen LogP contribution in [0.3, 0.4) is 0 Å². The van der Waals surface area contributed by atoms with Crippen molar-refractivity contribution in [3.63, 3.8) is 0 Å². The van der Waals surface area contributed by atoms with Crippen LogP contribution in [0.5, 0.6) is 34.5 Å². The molecule has 5 heterocycles. The van der Waals surface area contributed by atoms with E-state index in [4.69, 9.17) is 19.2 Å². The summed E-state index contributed by atoms with van der Waals surface area (Å²) >= 11 is 0. The molecule has 0 amide bonds. The molecule has 79 heavy (non-hydrogen) atoms. The number of hydrogen-bond donors (Lipinski definition) is 0. The SMILES string of the molecule is CC(C)(C)c1cccc(-[n+]2[c-]n(-c3[c-]c(Oc4[c-]c5c(cc4)c4cc(-c6cc7c8c(c6)Oc6cc(C(C)(C)C)ccc6B8c6ccc(C(C)(C)C)cc6O7)ccc4n5-c4cc(C(C)(C)C)ccn4)ccc3)c3ccccc32)c1.[Pt]. The molecule has 11 aromatic rings. The minimum absolute atomic E-state index is 0. The molecule has 0 saturated heterocycles. The number of pyridine rings is 1. The first-order chi connectivity index (χ1) is 37.1. The Bertz CT molecular complexity index is 4170. The first-order valence-corrected chi connectivity index (χ1v) is 27.2. The molecule has 7 nitrogen and oxygen atoms in total. The fraction of sp³-hybridized carbons (Fsp3) is 0.229. The summed E-state index contributed by atoms with van der Waals surface area (Å²) in [6, 6.07) is 63.4. The first kappa shape index (κ1) is 52.1. The van der Waals surface area contributed by atoms with E-state index in [2.05, 4.69) is 249 Å². The van der Waals surface area contributed by atoms with Crippen molar-refractivity contribution >= 4 is 55.9 Å². The van der Waals surface area contributed by atoms with Crippen LogP contribution in [0.2, 0.25) is 0 Å². The van der Waals surface area contributed by atoms with Crippen LogP contribution in [0.15, 0.2) is 164 Å². The van der Waals surface area contributed by atoms with Gasteiger partial charge in [-0.25, -0.2) is 4.98 Å². The molecule has 3 aromatic heterocycles. The van der Waals surface area contributed by atoms with Gasteiger partial charge in [-0.1, -0.05) is 161 Å². The average molecular weight is 1210 g/mol. The number of para-hydroxylation sites is 2. The van der Waals surface area contributed by atoms with Gasteiger partial charge in [0.25, 0.3) is 13.0 Å². The minimum atomic E-state index is -0.0970. The Labute approximate surface area is 479 Å². The van der Waals surface area contributed by atoms with E-state index in [-0.39, 0.29) is 49.4 Å². The van der Waals surface area contributed by atoms with Crippen molar-refractivity contribution in [3.8, 4) is 62.8 Å². The molecule has 0 spiro atoms. The third-order valence-electron chi connectivity index (χ3n) is 15.8. The predicted octanol–water partition coefficient (Wildman–Crippen LogP) is 15.2. The zero-order valence-corrected chi connectivity index (χ0v) is 49.3. The van der Waals surface area contributed by atoms with E-state index in [9.17, 15) is 0 Å². The standard InChI is InChI=1S/C70H63BN4O3.Pt/c1-67(2,3)45-17-15-18-49(36-45)73-42-74(59-22-14-13-21-58(59)73)50-19-16-20-51(40-50)76-52-26-27-53-54-33-43(23-30-57(54)75(60(53)41-52)65-39-48(31-32-72-65)70(10,11)12)44-34-63-66-64(35-44)78-62-38-47(69(7,8)9)25-29-56(62)71(66)55-28-24-46(68(4,5)6)37-61(55)77-63;/h13-39H,1-12H3;/q-2;. The number of benzene rings is 8. The third-order valence-corrected chi connectivity index (χ3v) is 15.8. The fourth-order valence-electron chi connectivity index (χ4n) is 11.3. The second-order valence-corrected chi connectivity index (χ2v) is 25.4. The molecular formula is C70H63BN4O3Pt-2. The van der Waals surface area contributed by atoms with E-state index in [1.165, 1.54) is 22.3 Å². The molecule has 0 unspecified atom stereocenters. The zero-order chi connectivity index (χ0) is 54.2. The molecular weight excluding hydrogens is 1150 g/mol. The summed E-state index contributed by atoms with van der Waals surface area (Å²) in [4.78, 5) is 5.02. The topological polar surface area (TPSA) is 54.3 Å². The second-order valence-electron chi connectivity index (χ2n) is 25.4. The van der Waals surface area contributed by atoms with Crippen molar-refractivity contribution < 1.29 is 39.8 Å². The molecule has 0 fully saturated rings. The average Bonchev–Trinajstić information content (AvgIpc) is 4.03. The van der Waals surface area contributed by atoms with Crippen LogP contribution in [0.1, 0.15) is 105 Å². The van der Waals surface area contributed by atoms with Crippen LogP contribution in [0.4, 0.5) is 0 Å². The number of ether oxygens (including phenoxy) is 3. The second kappa shape index (κ2) is 18.7. The van der Waals surface area contributed by atoms with Gasteiger partial charge in [-0.15, -0.1) is 29.7 Å². The quantitative estimate of drug-likeness (QED) is 0.0946. The van der Waals surface area contributed by atoms with Crippen molar-refractivity contribution in [2.45, 2.75) is 105 Å². The number of nitrogens with zero attached hydrogens (tertiary/aromatic N) is 4. The Hall–Kier alpha value is -7.67. The molecule has 8 aromatic carbocycles. The molecule has 0 bridgehead atoms. The molecule has 13 rings (SSSR count). The number of imidazole rings is 1. The number of fused-ring (bicyclic) bond motifs is 8. The normalized spacial score (nSPS) is 13.1. The third kappa shape index (κ3) is 9.16. The summed E-state index contributed by atoms with van der Waals surface area (Å²) in [6.07, 6.45) is 5.56. The Kier molecular flexibility index (Phi) is 12.3. The van der Waals surface area contributed by atoms with Gasteiger partial charge in [0.2, 0.25) is 0 Å². The van der Waals surface area contributed by atoms with E-state index in [0.29, 0.717) is 11.5 Å². The maximum Gasteiger partial charge on any atom is 0.268 e. The van der Waals surface area contributed by atoms with Crippen molar-refractivity contribution in [1.29, 1.82) is 0 Å². The van der Waals surface area contributed by atoms with E-state index >= 15 is 0 Å². The smallest absolute Gasteiger partial charge is 0.268 e. The molecule has 0 radical (unpaired) electrons. The molecule has 0 aliphatic carbocycles. The van der Waals surface area contributed by atoms with Crippen LogP contribution in [-0.2, 0) is 42.7 Å². The Balaban J connectivity index is 0.00000623. The van der Waals surface area contributed by atoms with E-state index in [1.807, 2.05) is 30.5 Å². The van der Waals surface area contributed by atoms with E-state index < -0.39 is 0 Å².